The summed E-state index contributed by atoms with van der Waals surface area (Å²) in [6.45, 7) is 5.85. The number of amides is 1. The van der Waals surface area contributed by atoms with Crippen LogP contribution in [-0.4, -0.2) is 40.1 Å². The first kappa shape index (κ1) is 23.5. The van der Waals surface area contributed by atoms with E-state index in [0.29, 0.717) is 51.9 Å². The molecular formula is C24H26Cl2N4O3. The number of nitrogens with zero attached hydrogens (tertiary/aromatic N) is 3. The second kappa shape index (κ2) is 10.5. The zero-order valence-electron chi connectivity index (χ0n) is 18.6. The van der Waals surface area contributed by atoms with Crippen LogP contribution >= 0.6 is 23.2 Å². The Morgan fingerprint density at radius 2 is 2.09 bits per heavy atom. The van der Waals surface area contributed by atoms with Gasteiger partial charge in [0, 0.05) is 17.1 Å². The summed E-state index contributed by atoms with van der Waals surface area (Å²) in [7, 11) is 0. The Hall–Kier alpha value is -2.61. The van der Waals surface area contributed by atoms with Crippen molar-refractivity contribution in [3.63, 3.8) is 0 Å². The fraction of sp³-hybridized carbons (Fsp3) is 0.375. The maximum Gasteiger partial charge on any atom is 0.241 e. The summed E-state index contributed by atoms with van der Waals surface area (Å²) in [5, 5.41) is 8.10. The van der Waals surface area contributed by atoms with Crippen molar-refractivity contribution in [3.8, 4) is 17.1 Å². The Labute approximate surface area is 203 Å². The summed E-state index contributed by atoms with van der Waals surface area (Å²) in [5.74, 6) is 1.41. The van der Waals surface area contributed by atoms with Crippen molar-refractivity contribution in [2.24, 2.45) is 5.92 Å². The topological polar surface area (TPSA) is 80.5 Å². The van der Waals surface area contributed by atoms with E-state index in [1.54, 1.807) is 18.2 Å². The molecular weight excluding hydrogens is 463 g/mol. The van der Waals surface area contributed by atoms with Crippen LogP contribution in [0.1, 0.15) is 32.6 Å². The van der Waals surface area contributed by atoms with Gasteiger partial charge >= 0.3 is 0 Å². The van der Waals surface area contributed by atoms with Crippen LogP contribution in [0, 0.1) is 5.92 Å². The van der Waals surface area contributed by atoms with Crippen molar-refractivity contribution >= 4 is 34.8 Å². The third-order valence-electron chi connectivity index (χ3n) is 5.38. The number of ether oxygens (including phenoxy) is 1. The summed E-state index contributed by atoms with van der Waals surface area (Å²) >= 11 is 12.2. The average molecular weight is 489 g/mol. The van der Waals surface area contributed by atoms with E-state index in [-0.39, 0.29) is 17.9 Å². The molecule has 4 rings (SSSR count). The molecule has 0 spiro atoms. The first-order valence-corrected chi connectivity index (χ1v) is 11.7. The number of rotatable bonds is 7. The molecule has 9 heteroatoms. The number of carbonyl (C=O) groups excluding carboxylic acids is 1. The van der Waals surface area contributed by atoms with Gasteiger partial charge in [0.05, 0.1) is 29.3 Å². The van der Waals surface area contributed by atoms with Crippen LogP contribution in [0.2, 0.25) is 10.0 Å². The number of piperidine rings is 1. The summed E-state index contributed by atoms with van der Waals surface area (Å²) in [6, 6.07) is 12.6. The molecule has 1 fully saturated rings. The van der Waals surface area contributed by atoms with E-state index in [0.717, 1.165) is 19.4 Å². The lowest BCUT2D eigenvalue weighted by Gasteiger charge is -2.31. The van der Waals surface area contributed by atoms with E-state index in [2.05, 4.69) is 20.4 Å². The lowest BCUT2D eigenvalue weighted by Crippen LogP contribution is -2.40. The van der Waals surface area contributed by atoms with Gasteiger partial charge in [-0.15, -0.1) is 0 Å². The van der Waals surface area contributed by atoms with E-state index in [4.69, 9.17) is 32.5 Å². The molecule has 2 aromatic carbocycles. The monoisotopic (exact) mass is 488 g/mol. The van der Waals surface area contributed by atoms with Gasteiger partial charge in [-0.05, 0) is 63.6 Å². The number of hydrogen-bond acceptors (Lipinski definition) is 6. The Balaban J connectivity index is 1.38. The van der Waals surface area contributed by atoms with Crippen LogP contribution in [0.5, 0.6) is 5.75 Å². The SMILES string of the molecule is CC(C)Oc1ccccc1NC(=O)C1CCCN(Cc2nc(-c3ccc(Cl)cc3Cl)no2)C1. The highest BCUT2D eigenvalue weighted by molar-refractivity contribution is 6.36. The molecule has 33 heavy (non-hydrogen) atoms. The third kappa shape index (κ3) is 6.05. The molecule has 1 N–H and O–H groups in total. The zero-order chi connectivity index (χ0) is 23.4. The van der Waals surface area contributed by atoms with Gasteiger partial charge in [0.25, 0.3) is 0 Å². The van der Waals surface area contributed by atoms with Crippen molar-refractivity contribution in [2.75, 3.05) is 18.4 Å². The van der Waals surface area contributed by atoms with E-state index >= 15 is 0 Å². The van der Waals surface area contributed by atoms with Crippen LogP contribution in [0.25, 0.3) is 11.4 Å². The van der Waals surface area contributed by atoms with Crippen molar-refractivity contribution in [2.45, 2.75) is 39.3 Å². The van der Waals surface area contributed by atoms with Crippen molar-refractivity contribution in [1.29, 1.82) is 0 Å². The maximum absolute atomic E-state index is 13.0. The molecule has 1 aliphatic rings. The fourth-order valence-corrected chi connectivity index (χ4v) is 4.36. The van der Waals surface area contributed by atoms with Crippen molar-refractivity contribution < 1.29 is 14.1 Å². The average Bonchev–Trinajstić information content (AvgIpc) is 3.23. The molecule has 0 radical (unpaired) electrons. The fourth-order valence-electron chi connectivity index (χ4n) is 3.87. The van der Waals surface area contributed by atoms with Gasteiger partial charge in [-0.25, -0.2) is 0 Å². The van der Waals surface area contributed by atoms with E-state index < -0.39 is 0 Å². The first-order valence-electron chi connectivity index (χ1n) is 11.0. The number of aromatic nitrogens is 2. The quantitative estimate of drug-likeness (QED) is 0.460. The van der Waals surface area contributed by atoms with Crippen LogP contribution in [0.4, 0.5) is 5.69 Å². The molecule has 2 heterocycles. The minimum absolute atomic E-state index is 0.0151. The van der Waals surface area contributed by atoms with Crippen LogP contribution in [0.15, 0.2) is 47.0 Å². The highest BCUT2D eigenvalue weighted by atomic mass is 35.5. The van der Waals surface area contributed by atoms with Crippen LogP contribution in [-0.2, 0) is 11.3 Å². The molecule has 7 nitrogen and oxygen atoms in total. The molecule has 1 unspecified atom stereocenters. The van der Waals surface area contributed by atoms with Gasteiger partial charge in [0.1, 0.15) is 5.75 Å². The Bertz CT molecular complexity index is 1120. The maximum atomic E-state index is 13.0. The largest absolute Gasteiger partial charge is 0.489 e. The number of halogens is 2. The van der Waals surface area contributed by atoms with Gasteiger partial charge in [-0.3, -0.25) is 9.69 Å². The lowest BCUT2D eigenvalue weighted by atomic mass is 9.97. The summed E-state index contributed by atoms with van der Waals surface area (Å²) in [6.07, 6.45) is 1.76. The predicted molar refractivity (Wildman–Crippen MR) is 129 cm³/mol. The number of hydrogen-bond donors (Lipinski definition) is 1. The second-order valence-electron chi connectivity index (χ2n) is 8.36. The normalized spacial score (nSPS) is 16.7. The number of benzene rings is 2. The lowest BCUT2D eigenvalue weighted by molar-refractivity contribution is -0.121. The Kier molecular flexibility index (Phi) is 7.53. The molecule has 0 bridgehead atoms. The predicted octanol–water partition coefficient (Wildman–Crippen LogP) is 5.68. The number of anilines is 1. The smallest absolute Gasteiger partial charge is 0.241 e. The molecule has 1 atom stereocenters. The molecule has 1 saturated heterocycles. The van der Waals surface area contributed by atoms with Gasteiger partial charge in [0.15, 0.2) is 0 Å². The zero-order valence-corrected chi connectivity index (χ0v) is 20.1. The minimum atomic E-state index is -0.140. The van der Waals surface area contributed by atoms with Gasteiger partial charge in [-0.2, -0.15) is 4.98 Å². The van der Waals surface area contributed by atoms with Gasteiger partial charge in [-0.1, -0.05) is 40.5 Å². The molecule has 174 valence electrons. The first-order chi connectivity index (χ1) is 15.9. The molecule has 1 aliphatic heterocycles. The standard InChI is InChI=1S/C24H26Cl2N4O3/c1-15(2)32-21-8-4-3-7-20(21)27-24(31)16-6-5-11-30(13-16)14-22-28-23(29-33-22)18-10-9-17(25)12-19(18)26/h3-4,7-10,12,15-16H,5-6,11,13-14H2,1-2H3,(H,27,31). The molecule has 1 amide bonds. The Morgan fingerprint density at radius 3 is 2.88 bits per heavy atom. The second-order valence-corrected chi connectivity index (χ2v) is 9.21. The molecule has 3 aromatic rings. The summed E-state index contributed by atoms with van der Waals surface area (Å²) < 4.78 is 11.3. The van der Waals surface area contributed by atoms with Crippen LogP contribution in [0.3, 0.4) is 0 Å². The van der Waals surface area contributed by atoms with Crippen LogP contribution < -0.4 is 10.1 Å². The number of para-hydroxylation sites is 2. The number of likely N-dealkylation sites (tertiary alicyclic amines) is 1. The van der Waals surface area contributed by atoms with E-state index in [1.165, 1.54) is 0 Å². The van der Waals surface area contributed by atoms with Crippen molar-refractivity contribution in [1.82, 2.24) is 15.0 Å². The van der Waals surface area contributed by atoms with E-state index in [9.17, 15) is 4.79 Å². The molecule has 0 aliphatic carbocycles. The minimum Gasteiger partial charge on any atom is -0.489 e. The Morgan fingerprint density at radius 1 is 1.27 bits per heavy atom. The highest BCUT2D eigenvalue weighted by Gasteiger charge is 2.27. The third-order valence-corrected chi connectivity index (χ3v) is 5.93. The summed E-state index contributed by atoms with van der Waals surface area (Å²) in [4.78, 5) is 19.6. The molecule has 0 saturated carbocycles. The number of carbonyl (C=O) groups is 1. The molecule has 1 aromatic heterocycles. The van der Waals surface area contributed by atoms with Gasteiger partial charge < -0.3 is 14.6 Å². The van der Waals surface area contributed by atoms with Gasteiger partial charge in [0.2, 0.25) is 17.6 Å². The number of nitrogens with one attached hydrogen (secondary N) is 1. The van der Waals surface area contributed by atoms with E-state index in [1.807, 2.05) is 38.1 Å². The highest BCUT2D eigenvalue weighted by Crippen LogP contribution is 2.29. The van der Waals surface area contributed by atoms with Crippen molar-refractivity contribution in [3.05, 3.63) is 58.4 Å². The summed E-state index contributed by atoms with van der Waals surface area (Å²) in [5.41, 5.74) is 1.35.